The maximum atomic E-state index is 12.9. The topological polar surface area (TPSA) is 67.5 Å². The molecule has 0 radical (unpaired) electrons. The van der Waals surface area contributed by atoms with E-state index in [1.807, 2.05) is 73.9 Å². The van der Waals surface area contributed by atoms with Gasteiger partial charge < -0.3 is 14.5 Å². The summed E-state index contributed by atoms with van der Waals surface area (Å²) in [4.78, 5) is 22.9. The van der Waals surface area contributed by atoms with Crippen molar-refractivity contribution < 1.29 is 14.3 Å². The first-order valence-electron chi connectivity index (χ1n) is 11.8. The van der Waals surface area contributed by atoms with Crippen molar-refractivity contribution in [2.45, 2.75) is 32.4 Å². The maximum Gasteiger partial charge on any atom is 0.340 e. The Morgan fingerprint density at radius 1 is 1.15 bits per heavy atom. The Labute approximate surface area is 199 Å². The highest BCUT2D eigenvalue weighted by Gasteiger charge is 2.26. The molecule has 1 aliphatic heterocycles. The number of likely N-dealkylation sites (tertiary alicyclic amines) is 1. The smallest absolute Gasteiger partial charge is 0.340 e. The van der Waals surface area contributed by atoms with Crippen LogP contribution in [0, 0.1) is 6.92 Å². The third-order valence-corrected chi connectivity index (χ3v) is 6.45. The zero-order chi connectivity index (χ0) is 23.3. The number of carbonyl (C=O) groups is 1. The molecule has 6 nitrogen and oxygen atoms in total. The van der Waals surface area contributed by atoms with Crippen LogP contribution in [0.5, 0.6) is 5.75 Å². The van der Waals surface area contributed by atoms with Gasteiger partial charge in [0.15, 0.2) is 0 Å². The number of nitrogens with one attached hydrogen (secondary N) is 1. The molecule has 0 saturated carbocycles. The fourth-order valence-electron chi connectivity index (χ4n) is 4.78. The normalized spacial score (nSPS) is 16.1. The Balaban J connectivity index is 1.24. The van der Waals surface area contributed by atoms with Crippen LogP contribution in [0.25, 0.3) is 10.9 Å². The molecule has 0 bridgehead atoms. The van der Waals surface area contributed by atoms with Gasteiger partial charge in [-0.15, -0.1) is 0 Å². The first kappa shape index (κ1) is 22.2. The number of aromatic nitrogens is 2. The lowest BCUT2D eigenvalue weighted by molar-refractivity contribution is 0.0474. The highest BCUT2D eigenvalue weighted by atomic mass is 16.5. The lowest BCUT2D eigenvalue weighted by Crippen LogP contribution is -2.28. The van der Waals surface area contributed by atoms with Gasteiger partial charge in [0.1, 0.15) is 19.0 Å². The van der Waals surface area contributed by atoms with Crippen molar-refractivity contribution in [3.05, 3.63) is 95.4 Å². The molecular weight excluding hydrogens is 426 g/mol. The number of rotatable bonds is 8. The molecule has 1 fully saturated rings. The minimum absolute atomic E-state index is 0.246. The summed E-state index contributed by atoms with van der Waals surface area (Å²) in [6, 6.07) is 20.1. The van der Waals surface area contributed by atoms with Crippen LogP contribution in [0.3, 0.4) is 0 Å². The van der Waals surface area contributed by atoms with Crippen LogP contribution < -0.4 is 4.74 Å². The van der Waals surface area contributed by atoms with Gasteiger partial charge in [0.25, 0.3) is 0 Å². The van der Waals surface area contributed by atoms with Gasteiger partial charge in [-0.2, -0.15) is 0 Å². The summed E-state index contributed by atoms with van der Waals surface area (Å²) in [6.45, 7) is 4.63. The van der Waals surface area contributed by atoms with Crippen LogP contribution in [-0.2, 0) is 11.3 Å². The van der Waals surface area contributed by atoms with Crippen LogP contribution in [0.2, 0.25) is 0 Å². The fraction of sp³-hybridized carbons (Fsp3) is 0.286. The highest BCUT2D eigenvalue weighted by Crippen LogP contribution is 2.31. The number of benzene rings is 2. The average molecular weight is 456 g/mol. The van der Waals surface area contributed by atoms with Crippen molar-refractivity contribution in [3.8, 4) is 5.75 Å². The summed E-state index contributed by atoms with van der Waals surface area (Å²) < 4.78 is 11.7. The van der Waals surface area contributed by atoms with E-state index in [0.29, 0.717) is 18.2 Å². The monoisotopic (exact) mass is 455 g/mol. The zero-order valence-electron chi connectivity index (χ0n) is 19.4. The van der Waals surface area contributed by atoms with E-state index in [1.165, 1.54) is 12.0 Å². The number of H-pyrrole nitrogens is 1. The van der Waals surface area contributed by atoms with E-state index in [0.717, 1.165) is 47.4 Å². The van der Waals surface area contributed by atoms with Crippen LogP contribution in [0.15, 0.2) is 73.1 Å². The predicted molar refractivity (Wildman–Crippen MR) is 132 cm³/mol. The molecule has 6 heteroatoms. The molecule has 1 saturated heterocycles. The van der Waals surface area contributed by atoms with Crippen LogP contribution in [0.1, 0.15) is 46.1 Å². The van der Waals surface area contributed by atoms with Crippen molar-refractivity contribution in [3.63, 3.8) is 0 Å². The van der Waals surface area contributed by atoms with Gasteiger partial charge >= 0.3 is 5.97 Å². The highest BCUT2D eigenvalue weighted by molar-refractivity contribution is 6.05. The second-order valence-electron chi connectivity index (χ2n) is 8.72. The zero-order valence-corrected chi connectivity index (χ0v) is 19.4. The number of aromatic amines is 1. The van der Waals surface area contributed by atoms with Gasteiger partial charge in [0.2, 0.25) is 0 Å². The number of carbonyl (C=O) groups excluding carboxylic acids is 1. The van der Waals surface area contributed by atoms with Crippen LogP contribution >= 0.6 is 0 Å². The molecule has 1 atom stereocenters. The van der Waals surface area contributed by atoms with Gasteiger partial charge in [-0.3, -0.25) is 9.88 Å². The van der Waals surface area contributed by atoms with E-state index >= 15 is 0 Å². The van der Waals surface area contributed by atoms with Crippen molar-refractivity contribution in [1.29, 1.82) is 0 Å². The minimum Gasteiger partial charge on any atom is -0.492 e. The number of aryl methyl sites for hydroxylation is 1. The fourth-order valence-corrected chi connectivity index (χ4v) is 4.78. The number of fused-ring (bicyclic) bond motifs is 1. The number of nitrogens with zero attached hydrogens (tertiary/aromatic N) is 2. The van der Waals surface area contributed by atoms with Crippen molar-refractivity contribution in [1.82, 2.24) is 14.9 Å². The number of pyridine rings is 1. The lowest BCUT2D eigenvalue weighted by atomic mass is 10.1. The Bertz CT molecular complexity index is 1250. The SMILES string of the molecule is Cc1[nH]c2ccc(OCCN3CCCC3c3cccnc3)cc2c1C(=O)OCc1ccccc1. The molecule has 1 aliphatic rings. The summed E-state index contributed by atoms with van der Waals surface area (Å²) in [6.07, 6.45) is 6.11. The predicted octanol–water partition coefficient (Wildman–Crippen LogP) is 5.44. The van der Waals surface area contributed by atoms with Crippen molar-refractivity contribution in [2.75, 3.05) is 19.7 Å². The lowest BCUT2D eigenvalue weighted by Gasteiger charge is -2.24. The molecule has 2 aromatic heterocycles. The Hall–Kier alpha value is -3.64. The summed E-state index contributed by atoms with van der Waals surface area (Å²) >= 11 is 0. The van der Waals surface area contributed by atoms with Gasteiger partial charge in [0, 0.05) is 41.6 Å². The summed E-state index contributed by atoms with van der Waals surface area (Å²) in [5.41, 5.74) is 4.48. The summed E-state index contributed by atoms with van der Waals surface area (Å²) in [7, 11) is 0. The summed E-state index contributed by atoms with van der Waals surface area (Å²) in [5.74, 6) is 0.418. The van der Waals surface area contributed by atoms with E-state index in [-0.39, 0.29) is 12.6 Å². The molecule has 1 N–H and O–H groups in total. The van der Waals surface area contributed by atoms with Gasteiger partial charge in [0.05, 0.1) is 5.56 Å². The summed E-state index contributed by atoms with van der Waals surface area (Å²) in [5, 5.41) is 0.822. The Morgan fingerprint density at radius 3 is 2.85 bits per heavy atom. The Morgan fingerprint density at radius 2 is 2.03 bits per heavy atom. The molecule has 4 aromatic rings. The van der Waals surface area contributed by atoms with Crippen LogP contribution in [-0.4, -0.2) is 40.5 Å². The molecule has 34 heavy (non-hydrogen) atoms. The Kier molecular flexibility index (Phi) is 6.58. The number of hydrogen-bond acceptors (Lipinski definition) is 5. The minimum atomic E-state index is -0.332. The van der Waals surface area contributed by atoms with E-state index in [4.69, 9.17) is 9.47 Å². The largest absolute Gasteiger partial charge is 0.492 e. The third kappa shape index (κ3) is 4.82. The second-order valence-corrected chi connectivity index (χ2v) is 8.72. The van der Waals surface area contributed by atoms with E-state index < -0.39 is 0 Å². The van der Waals surface area contributed by atoms with Crippen molar-refractivity contribution >= 4 is 16.9 Å². The number of hydrogen-bond donors (Lipinski definition) is 1. The molecule has 0 amide bonds. The second kappa shape index (κ2) is 10.1. The first-order chi connectivity index (χ1) is 16.7. The quantitative estimate of drug-likeness (QED) is 0.358. The molecular formula is C28H29N3O3. The van der Waals surface area contributed by atoms with E-state index in [9.17, 15) is 4.79 Å². The third-order valence-electron chi connectivity index (χ3n) is 6.45. The van der Waals surface area contributed by atoms with Gasteiger partial charge in [-0.05, 0) is 61.7 Å². The van der Waals surface area contributed by atoms with E-state index in [2.05, 4.69) is 20.9 Å². The number of esters is 1. The first-order valence-corrected chi connectivity index (χ1v) is 11.8. The molecule has 5 rings (SSSR count). The van der Waals surface area contributed by atoms with E-state index in [1.54, 1.807) is 0 Å². The standard InChI is InChI=1S/C28H29N3O3/c1-20-27(28(32)34-19-21-7-3-2-4-8-21)24-17-23(11-12-25(24)30-20)33-16-15-31-14-6-10-26(31)22-9-5-13-29-18-22/h2-5,7-9,11-13,17-18,26,30H,6,10,14-16,19H2,1H3. The molecule has 2 aromatic carbocycles. The molecule has 3 heterocycles. The molecule has 0 spiro atoms. The molecule has 1 unspecified atom stereocenters. The molecule has 174 valence electrons. The van der Waals surface area contributed by atoms with Crippen molar-refractivity contribution in [2.24, 2.45) is 0 Å². The van der Waals surface area contributed by atoms with Crippen LogP contribution in [0.4, 0.5) is 0 Å². The van der Waals surface area contributed by atoms with Gasteiger partial charge in [-0.1, -0.05) is 36.4 Å². The average Bonchev–Trinajstić information content (AvgIpc) is 3.47. The van der Waals surface area contributed by atoms with Gasteiger partial charge in [-0.25, -0.2) is 4.79 Å². The maximum absolute atomic E-state index is 12.9. The number of ether oxygens (including phenoxy) is 2. The molecule has 0 aliphatic carbocycles.